The summed E-state index contributed by atoms with van der Waals surface area (Å²) in [5.74, 6) is 1.04. The van der Waals surface area contributed by atoms with Gasteiger partial charge in [0, 0.05) is 17.6 Å². The normalized spacial score (nSPS) is 15.7. The van der Waals surface area contributed by atoms with E-state index < -0.39 is 15.4 Å². The van der Waals surface area contributed by atoms with Crippen molar-refractivity contribution in [3.05, 3.63) is 41.4 Å². The third-order valence-electron chi connectivity index (χ3n) is 5.26. The molecule has 9 heteroatoms. The van der Waals surface area contributed by atoms with Gasteiger partial charge < -0.3 is 14.4 Å². The number of anilines is 2. The van der Waals surface area contributed by atoms with Crippen LogP contribution >= 0.6 is 11.6 Å². The van der Waals surface area contributed by atoms with Crippen molar-refractivity contribution < 1.29 is 22.7 Å². The molecule has 1 amide bonds. The molecule has 3 rings (SSSR count). The van der Waals surface area contributed by atoms with Gasteiger partial charge in [-0.1, -0.05) is 25.4 Å². The molecule has 0 saturated carbocycles. The summed E-state index contributed by atoms with van der Waals surface area (Å²) >= 11 is 6.00. The van der Waals surface area contributed by atoms with Crippen molar-refractivity contribution in [2.24, 2.45) is 11.3 Å². The molecule has 0 atom stereocenters. The molecule has 0 aliphatic carbocycles. The average molecular weight is 481 g/mol. The Kier molecular flexibility index (Phi) is 6.95. The van der Waals surface area contributed by atoms with Crippen LogP contribution in [0.3, 0.4) is 0 Å². The lowest BCUT2D eigenvalue weighted by Crippen LogP contribution is -2.42. The van der Waals surface area contributed by atoms with Gasteiger partial charge in [-0.2, -0.15) is 0 Å². The number of ether oxygens (including phenoxy) is 2. The molecule has 0 fully saturated rings. The number of nitrogens with zero attached hydrogens (tertiary/aromatic N) is 1. The van der Waals surface area contributed by atoms with Gasteiger partial charge >= 0.3 is 0 Å². The molecule has 0 radical (unpaired) electrons. The summed E-state index contributed by atoms with van der Waals surface area (Å²) in [6, 6.07) is 9.31. The zero-order valence-electron chi connectivity index (χ0n) is 18.9. The first kappa shape index (κ1) is 24.2. The molecule has 1 heterocycles. The van der Waals surface area contributed by atoms with Crippen LogP contribution in [-0.2, 0) is 14.8 Å². The first-order valence-corrected chi connectivity index (χ1v) is 12.3. The van der Waals surface area contributed by atoms with Crippen LogP contribution in [0.1, 0.15) is 34.1 Å². The maximum Gasteiger partial charge on any atom is 0.265 e. The van der Waals surface area contributed by atoms with Crippen molar-refractivity contribution in [1.29, 1.82) is 0 Å². The van der Waals surface area contributed by atoms with E-state index in [9.17, 15) is 13.2 Å². The topological polar surface area (TPSA) is 84.9 Å². The van der Waals surface area contributed by atoms with Gasteiger partial charge in [0.05, 0.1) is 23.9 Å². The Bertz CT molecular complexity index is 1120. The second kappa shape index (κ2) is 9.19. The molecule has 7 nitrogen and oxygen atoms in total. The van der Waals surface area contributed by atoms with Gasteiger partial charge in [0.15, 0.2) is 0 Å². The monoisotopic (exact) mass is 480 g/mol. The minimum absolute atomic E-state index is 0.0195. The van der Waals surface area contributed by atoms with Crippen LogP contribution in [0.15, 0.2) is 41.3 Å². The van der Waals surface area contributed by atoms with Crippen molar-refractivity contribution in [1.82, 2.24) is 0 Å². The SMILES string of the molecule is COc1ccc(Cl)cc1S(=O)(=O)Nc1ccc2c(c1)OCC(C)(C)C(=O)N2CCC(C)C. The molecule has 0 unspecified atom stereocenters. The number of amides is 1. The largest absolute Gasteiger partial charge is 0.495 e. The van der Waals surface area contributed by atoms with E-state index in [0.29, 0.717) is 29.6 Å². The number of methoxy groups -OCH3 is 1. The fourth-order valence-corrected chi connectivity index (χ4v) is 4.87. The van der Waals surface area contributed by atoms with E-state index >= 15 is 0 Å². The highest BCUT2D eigenvalue weighted by molar-refractivity contribution is 7.92. The lowest BCUT2D eigenvalue weighted by molar-refractivity contribution is -0.127. The second-order valence-electron chi connectivity index (χ2n) is 8.90. The molecule has 0 aromatic heterocycles. The number of carbonyl (C=O) groups excluding carboxylic acids is 1. The fourth-order valence-electron chi connectivity index (χ4n) is 3.39. The highest BCUT2D eigenvalue weighted by atomic mass is 35.5. The second-order valence-corrected chi connectivity index (χ2v) is 11.0. The summed E-state index contributed by atoms with van der Waals surface area (Å²) in [6.45, 7) is 8.65. The summed E-state index contributed by atoms with van der Waals surface area (Å²) in [5.41, 5.74) is 0.232. The van der Waals surface area contributed by atoms with Crippen molar-refractivity contribution in [3.8, 4) is 11.5 Å². The number of hydrogen-bond acceptors (Lipinski definition) is 5. The number of fused-ring (bicyclic) bond motifs is 1. The predicted molar refractivity (Wildman–Crippen MR) is 126 cm³/mol. The Hall–Kier alpha value is -2.45. The molecule has 1 aliphatic rings. The molecular formula is C23H29ClN2O5S. The van der Waals surface area contributed by atoms with E-state index in [1.807, 2.05) is 13.8 Å². The van der Waals surface area contributed by atoms with Crippen LogP contribution < -0.4 is 19.1 Å². The van der Waals surface area contributed by atoms with Gasteiger partial charge in [0.1, 0.15) is 23.0 Å². The van der Waals surface area contributed by atoms with Crippen molar-refractivity contribution in [3.63, 3.8) is 0 Å². The van der Waals surface area contributed by atoms with Crippen LogP contribution in [0.5, 0.6) is 11.5 Å². The standard InChI is InChI=1S/C23H29ClN2O5S/c1-15(2)10-11-26-18-8-7-17(13-20(18)31-14-23(3,4)22(26)27)25-32(28,29)21-12-16(24)6-9-19(21)30-5/h6-9,12-13,15,25H,10-11,14H2,1-5H3. The molecule has 1 aliphatic heterocycles. The van der Waals surface area contributed by atoms with Crippen molar-refractivity contribution in [2.45, 2.75) is 39.0 Å². The highest BCUT2D eigenvalue weighted by Gasteiger charge is 2.37. The maximum atomic E-state index is 13.2. The lowest BCUT2D eigenvalue weighted by Gasteiger charge is -2.28. The van der Waals surface area contributed by atoms with Crippen LogP contribution in [0.2, 0.25) is 5.02 Å². The summed E-state index contributed by atoms with van der Waals surface area (Å²) in [5, 5.41) is 0.276. The Morgan fingerprint density at radius 3 is 2.59 bits per heavy atom. The molecule has 0 bridgehead atoms. The summed E-state index contributed by atoms with van der Waals surface area (Å²) in [7, 11) is -2.59. The zero-order valence-corrected chi connectivity index (χ0v) is 20.5. The molecule has 1 N–H and O–H groups in total. The molecule has 2 aromatic rings. The first-order chi connectivity index (χ1) is 14.9. The smallest absolute Gasteiger partial charge is 0.265 e. The van der Waals surface area contributed by atoms with Crippen LogP contribution in [0.4, 0.5) is 11.4 Å². The maximum absolute atomic E-state index is 13.2. The third kappa shape index (κ3) is 5.13. The minimum atomic E-state index is -3.98. The molecule has 174 valence electrons. The Morgan fingerprint density at radius 1 is 1.22 bits per heavy atom. The van der Waals surface area contributed by atoms with E-state index in [1.54, 1.807) is 29.2 Å². The molecule has 0 spiro atoms. The van der Waals surface area contributed by atoms with E-state index in [0.717, 1.165) is 6.42 Å². The van der Waals surface area contributed by atoms with Gasteiger partial charge in [-0.15, -0.1) is 0 Å². The van der Waals surface area contributed by atoms with Crippen LogP contribution in [-0.4, -0.2) is 34.6 Å². The number of benzene rings is 2. The van der Waals surface area contributed by atoms with E-state index in [-0.39, 0.29) is 28.2 Å². The van der Waals surface area contributed by atoms with Gasteiger partial charge in [-0.3, -0.25) is 9.52 Å². The molecule has 32 heavy (non-hydrogen) atoms. The Labute approximate surface area is 194 Å². The number of rotatable bonds is 7. The van der Waals surface area contributed by atoms with Gasteiger partial charge in [0.2, 0.25) is 5.91 Å². The van der Waals surface area contributed by atoms with E-state index in [4.69, 9.17) is 21.1 Å². The van der Waals surface area contributed by atoms with E-state index in [1.165, 1.54) is 19.2 Å². The van der Waals surface area contributed by atoms with Gasteiger partial charge in [0.25, 0.3) is 10.0 Å². The fraction of sp³-hybridized carbons (Fsp3) is 0.435. The minimum Gasteiger partial charge on any atom is -0.495 e. The van der Waals surface area contributed by atoms with Crippen molar-refractivity contribution in [2.75, 3.05) is 29.9 Å². The summed E-state index contributed by atoms with van der Waals surface area (Å²) in [6.07, 6.45) is 0.838. The Morgan fingerprint density at radius 2 is 1.94 bits per heavy atom. The predicted octanol–water partition coefficient (Wildman–Crippen LogP) is 4.95. The zero-order chi connectivity index (χ0) is 23.7. The molecular weight excluding hydrogens is 452 g/mol. The third-order valence-corrected chi connectivity index (χ3v) is 6.90. The summed E-state index contributed by atoms with van der Waals surface area (Å²) in [4.78, 5) is 14.8. The highest BCUT2D eigenvalue weighted by Crippen LogP contribution is 2.39. The number of hydrogen-bond donors (Lipinski definition) is 1. The number of sulfonamides is 1. The van der Waals surface area contributed by atoms with Crippen molar-refractivity contribution >= 4 is 38.9 Å². The number of carbonyl (C=O) groups is 1. The average Bonchev–Trinajstić information content (AvgIpc) is 2.81. The van der Waals surface area contributed by atoms with Gasteiger partial charge in [-0.25, -0.2) is 8.42 Å². The lowest BCUT2D eigenvalue weighted by atomic mass is 9.92. The number of halogens is 1. The Balaban J connectivity index is 1.97. The first-order valence-electron chi connectivity index (χ1n) is 10.4. The quantitative estimate of drug-likeness (QED) is 0.606. The summed E-state index contributed by atoms with van der Waals surface area (Å²) < 4.78 is 39.7. The number of nitrogens with one attached hydrogen (secondary N) is 1. The molecule has 2 aromatic carbocycles. The van der Waals surface area contributed by atoms with E-state index in [2.05, 4.69) is 18.6 Å². The molecule has 0 saturated heterocycles. The van der Waals surface area contributed by atoms with Crippen LogP contribution in [0.25, 0.3) is 0 Å². The van der Waals surface area contributed by atoms with Gasteiger partial charge in [-0.05, 0) is 56.5 Å². The van der Waals surface area contributed by atoms with Crippen LogP contribution in [0, 0.1) is 11.3 Å².